The van der Waals surface area contributed by atoms with Gasteiger partial charge < -0.3 is 25.3 Å². The molecule has 0 spiro atoms. The van der Waals surface area contributed by atoms with E-state index < -0.39 is 24.1 Å². The molecule has 114 valence electrons. The zero-order chi connectivity index (χ0) is 15.3. The molecule has 0 unspecified atom stereocenters. The van der Waals surface area contributed by atoms with Gasteiger partial charge in [0.05, 0.1) is 12.6 Å². The van der Waals surface area contributed by atoms with Crippen LogP contribution < -0.4 is 5.32 Å². The van der Waals surface area contributed by atoms with Gasteiger partial charge in [0.25, 0.3) is 0 Å². The van der Waals surface area contributed by atoms with Crippen molar-refractivity contribution in [3.8, 4) is 0 Å². The molecule has 20 heavy (non-hydrogen) atoms. The third-order valence-electron chi connectivity index (χ3n) is 3.33. The van der Waals surface area contributed by atoms with Crippen LogP contribution in [-0.4, -0.2) is 76.2 Å². The first-order valence-corrected chi connectivity index (χ1v) is 6.63. The average molecular weight is 287 g/mol. The highest BCUT2D eigenvalue weighted by Crippen LogP contribution is 2.17. The Morgan fingerprint density at radius 1 is 1.30 bits per heavy atom. The van der Waals surface area contributed by atoms with E-state index in [1.165, 1.54) is 0 Å². The monoisotopic (exact) mass is 287 g/mol. The fourth-order valence-corrected chi connectivity index (χ4v) is 2.21. The molecule has 0 bridgehead atoms. The fraction of sp³-hybridized carbons (Fsp3) is 0.750. The van der Waals surface area contributed by atoms with E-state index in [4.69, 9.17) is 5.11 Å². The number of carbonyl (C=O) groups is 3. The summed E-state index contributed by atoms with van der Waals surface area (Å²) in [5, 5.41) is 20.8. The van der Waals surface area contributed by atoms with Crippen LogP contribution in [0.4, 0.5) is 4.79 Å². The number of likely N-dealkylation sites (tertiary alicyclic amines) is 1. The van der Waals surface area contributed by atoms with Gasteiger partial charge in [-0.2, -0.15) is 0 Å². The second-order valence-electron chi connectivity index (χ2n) is 4.62. The molecule has 1 rings (SSSR count). The molecule has 0 saturated carbocycles. The van der Waals surface area contributed by atoms with Crippen molar-refractivity contribution in [1.29, 1.82) is 0 Å². The molecule has 3 N–H and O–H groups in total. The summed E-state index contributed by atoms with van der Waals surface area (Å²) in [7, 11) is 0. The number of aliphatic hydroxyl groups excluding tert-OH is 1. The van der Waals surface area contributed by atoms with Gasteiger partial charge in [0, 0.05) is 26.1 Å². The number of likely N-dealkylation sites (N-methyl/N-ethyl adjacent to an activating group) is 1. The second-order valence-corrected chi connectivity index (χ2v) is 4.62. The minimum absolute atomic E-state index is 0.00669. The zero-order valence-electron chi connectivity index (χ0n) is 11.7. The standard InChI is InChI=1S/C12H21N3O5/c1-3-14(4-2)10(17)6-13-12(20)15-7-8(16)5-9(15)11(18)19/h8-9,16H,3-7H2,1-2H3,(H,13,20)(H,18,19)/t8-,9+/m1/s1. The summed E-state index contributed by atoms with van der Waals surface area (Å²) in [5.41, 5.74) is 0. The number of urea groups is 1. The molecule has 0 aromatic rings. The number of carboxylic acid groups (broad SMARTS) is 1. The van der Waals surface area contributed by atoms with Crippen LogP contribution in [-0.2, 0) is 9.59 Å². The predicted octanol–water partition coefficient (Wildman–Crippen LogP) is -0.916. The van der Waals surface area contributed by atoms with Crippen molar-refractivity contribution >= 4 is 17.9 Å². The van der Waals surface area contributed by atoms with Crippen LogP contribution in [0.2, 0.25) is 0 Å². The molecule has 0 aromatic heterocycles. The Hall–Kier alpha value is -1.83. The van der Waals surface area contributed by atoms with Gasteiger partial charge in [0.2, 0.25) is 5.91 Å². The number of carbonyl (C=O) groups excluding carboxylic acids is 2. The number of nitrogens with zero attached hydrogens (tertiary/aromatic N) is 2. The molecular weight excluding hydrogens is 266 g/mol. The number of aliphatic carboxylic acids is 1. The molecule has 0 aromatic carbocycles. The van der Waals surface area contributed by atoms with Crippen LogP contribution in [0.3, 0.4) is 0 Å². The maximum atomic E-state index is 11.9. The summed E-state index contributed by atoms with van der Waals surface area (Å²) in [4.78, 5) is 37.2. The van der Waals surface area contributed by atoms with Gasteiger partial charge in [-0.1, -0.05) is 0 Å². The topological polar surface area (TPSA) is 110 Å². The largest absolute Gasteiger partial charge is 0.480 e. The van der Waals surface area contributed by atoms with Gasteiger partial charge >= 0.3 is 12.0 Å². The summed E-state index contributed by atoms with van der Waals surface area (Å²) in [6, 6.07) is -1.69. The average Bonchev–Trinajstić information content (AvgIpc) is 2.79. The summed E-state index contributed by atoms with van der Waals surface area (Å²) >= 11 is 0. The van der Waals surface area contributed by atoms with Crippen molar-refractivity contribution in [3.05, 3.63) is 0 Å². The lowest BCUT2D eigenvalue weighted by atomic mass is 10.2. The number of nitrogens with one attached hydrogen (secondary N) is 1. The predicted molar refractivity (Wildman–Crippen MR) is 70.1 cm³/mol. The van der Waals surface area contributed by atoms with Crippen LogP contribution in [0.5, 0.6) is 0 Å². The van der Waals surface area contributed by atoms with Gasteiger partial charge in [0.1, 0.15) is 6.04 Å². The number of hydrogen-bond donors (Lipinski definition) is 3. The van der Waals surface area contributed by atoms with Crippen LogP contribution in [0, 0.1) is 0 Å². The molecule has 1 saturated heterocycles. The van der Waals surface area contributed by atoms with Gasteiger partial charge in [0.15, 0.2) is 0 Å². The third-order valence-corrected chi connectivity index (χ3v) is 3.33. The lowest BCUT2D eigenvalue weighted by molar-refractivity contribution is -0.141. The van der Waals surface area contributed by atoms with E-state index in [0.717, 1.165) is 4.90 Å². The Balaban J connectivity index is 2.54. The summed E-state index contributed by atoms with van der Waals surface area (Å²) in [6.07, 6.45) is -0.840. The minimum Gasteiger partial charge on any atom is -0.480 e. The molecule has 1 heterocycles. The van der Waals surface area contributed by atoms with Crippen molar-refractivity contribution < 1.29 is 24.6 Å². The number of rotatable bonds is 5. The van der Waals surface area contributed by atoms with E-state index in [1.54, 1.807) is 4.90 Å². The van der Waals surface area contributed by atoms with Gasteiger partial charge in [-0.25, -0.2) is 9.59 Å². The molecule has 0 aliphatic carbocycles. The number of aliphatic hydroxyl groups is 1. The zero-order valence-corrected chi connectivity index (χ0v) is 11.7. The highest BCUT2D eigenvalue weighted by molar-refractivity contribution is 5.87. The number of amides is 3. The Bertz CT molecular complexity index is 383. The van der Waals surface area contributed by atoms with E-state index in [9.17, 15) is 19.5 Å². The van der Waals surface area contributed by atoms with Crippen molar-refractivity contribution in [2.45, 2.75) is 32.4 Å². The first-order chi connectivity index (χ1) is 9.40. The molecular formula is C12H21N3O5. The first-order valence-electron chi connectivity index (χ1n) is 6.63. The van der Waals surface area contributed by atoms with Crippen molar-refractivity contribution in [3.63, 3.8) is 0 Å². The van der Waals surface area contributed by atoms with Gasteiger partial charge in [-0.3, -0.25) is 4.79 Å². The molecule has 1 aliphatic heterocycles. The van der Waals surface area contributed by atoms with Crippen molar-refractivity contribution in [2.24, 2.45) is 0 Å². The highest BCUT2D eigenvalue weighted by Gasteiger charge is 2.39. The number of carboxylic acids is 1. The summed E-state index contributed by atoms with van der Waals surface area (Å²) in [5.74, 6) is -1.39. The lowest BCUT2D eigenvalue weighted by Crippen LogP contribution is -2.49. The fourth-order valence-electron chi connectivity index (χ4n) is 2.21. The molecule has 0 radical (unpaired) electrons. The molecule has 8 heteroatoms. The Morgan fingerprint density at radius 2 is 1.90 bits per heavy atom. The molecule has 3 amide bonds. The normalized spacial score (nSPS) is 21.6. The number of β-amino-alcohol motifs (C(OH)–C–C–N with tert-alkyl or cyclic N) is 1. The lowest BCUT2D eigenvalue weighted by Gasteiger charge is -2.23. The second kappa shape index (κ2) is 7.09. The maximum Gasteiger partial charge on any atom is 0.326 e. The SMILES string of the molecule is CCN(CC)C(=O)CNC(=O)N1C[C@H](O)C[C@H]1C(=O)O. The summed E-state index contributed by atoms with van der Waals surface area (Å²) < 4.78 is 0. The third kappa shape index (κ3) is 3.83. The van der Waals surface area contributed by atoms with E-state index >= 15 is 0 Å². The van der Waals surface area contributed by atoms with E-state index in [0.29, 0.717) is 13.1 Å². The van der Waals surface area contributed by atoms with Gasteiger partial charge in [-0.05, 0) is 13.8 Å². The Labute approximate surface area is 117 Å². The van der Waals surface area contributed by atoms with E-state index in [2.05, 4.69) is 5.32 Å². The molecule has 1 aliphatic rings. The van der Waals surface area contributed by atoms with Crippen LogP contribution in [0.25, 0.3) is 0 Å². The quantitative estimate of drug-likeness (QED) is 0.606. The minimum atomic E-state index is -1.16. The van der Waals surface area contributed by atoms with Crippen LogP contribution in [0.15, 0.2) is 0 Å². The van der Waals surface area contributed by atoms with Crippen molar-refractivity contribution in [2.75, 3.05) is 26.2 Å². The molecule has 8 nitrogen and oxygen atoms in total. The smallest absolute Gasteiger partial charge is 0.326 e. The first kappa shape index (κ1) is 16.2. The highest BCUT2D eigenvalue weighted by atomic mass is 16.4. The summed E-state index contributed by atoms with van der Waals surface area (Å²) in [6.45, 7) is 4.54. The van der Waals surface area contributed by atoms with E-state index in [1.807, 2.05) is 13.8 Å². The van der Waals surface area contributed by atoms with Crippen molar-refractivity contribution in [1.82, 2.24) is 15.1 Å². The van der Waals surface area contributed by atoms with Crippen LogP contribution in [0.1, 0.15) is 20.3 Å². The Kier molecular flexibility index (Phi) is 5.75. The number of hydrogen-bond acceptors (Lipinski definition) is 4. The van der Waals surface area contributed by atoms with Crippen LogP contribution >= 0.6 is 0 Å². The van der Waals surface area contributed by atoms with Gasteiger partial charge in [-0.15, -0.1) is 0 Å². The van der Waals surface area contributed by atoms with E-state index in [-0.39, 0.29) is 25.4 Å². The molecule has 1 fully saturated rings. The Morgan fingerprint density at radius 3 is 2.40 bits per heavy atom. The maximum absolute atomic E-state index is 11.9. The molecule has 2 atom stereocenters.